The monoisotopic (exact) mass is 273 g/mol. The number of aromatic nitrogens is 4. The molecule has 1 N–H and O–H groups in total. The van der Waals surface area contributed by atoms with Crippen LogP contribution >= 0.6 is 0 Å². The molecular formula is C14H19N5O. The largest absolute Gasteiger partial charge is 0.491 e. The number of ether oxygens (including phenoxy) is 1. The summed E-state index contributed by atoms with van der Waals surface area (Å²) < 4.78 is 7.55. The summed E-state index contributed by atoms with van der Waals surface area (Å²) in [4.78, 5) is 0. The highest BCUT2D eigenvalue weighted by molar-refractivity contribution is 5.39. The van der Waals surface area contributed by atoms with Gasteiger partial charge >= 0.3 is 0 Å². The Bertz CT molecular complexity index is 602. The van der Waals surface area contributed by atoms with Gasteiger partial charge in [-0.2, -0.15) is 0 Å². The first-order valence-electron chi connectivity index (χ1n) is 6.78. The molecule has 1 aliphatic heterocycles. The fraction of sp³-hybridized carbons (Fsp3) is 0.500. The van der Waals surface area contributed by atoms with Crippen LogP contribution in [0.1, 0.15) is 38.2 Å². The minimum atomic E-state index is 0.0286. The zero-order chi connectivity index (χ0) is 14.2. The van der Waals surface area contributed by atoms with E-state index < -0.39 is 0 Å². The van der Waals surface area contributed by atoms with Crippen LogP contribution in [-0.4, -0.2) is 32.4 Å². The fourth-order valence-electron chi connectivity index (χ4n) is 2.26. The highest BCUT2D eigenvalue weighted by Crippen LogP contribution is 2.34. The number of nitrogens with zero attached hydrogens (tertiary/aromatic N) is 4. The Hall–Kier alpha value is -1.95. The molecule has 6 nitrogen and oxygen atoms in total. The summed E-state index contributed by atoms with van der Waals surface area (Å²) in [5.74, 6) is 1.74. The predicted octanol–water partition coefficient (Wildman–Crippen LogP) is 1.54. The first-order chi connectivity index (χ1) is 9.54. The van der Waals surface area contributed by atoms with Crippen molar-refractivity contribution in [1.29, 1.82) is 0 Å². The van der Waals surface area contributed by atoms with Crippen molar-refractivity contribution in [1.82, 2.24) is 25.5 Å². The van der Waals surface area contributed by atoms with Gasteiger partial charge in [0.1, 0.15) is 18.4 Å². The summed E-state index contributed by atoms with van der Waals surface area (Å²) in [6.45, 7) is 7.57. The standard InChI is InChI=1S/C14H19N5O/c1-14(2,3)15-8-13-16-17-18-19(13)11-9-20-12-7-5-4-6-10(11)12/h4-7,11,15H,8-9H2,1-3H3. The third-order valence-corrected chi connectivity index (χ3v) is 3.31. The van der Waals surface area contributed by atoms with E-state index in [4.69, 9.17) is 4.74 Å². The van der Waals surface area contributed by atoms with Gasteiger partial charge in [0.05, 0.1) is 6.54 Å². The van der Waals surface area contributed by atoms with Crippen LogP contribution in [0.15, 0.2) is 24.3 Å². The number of nitrogens with one attached hydrogen (secondary N) is 1. The molecule has 6 heteroatoms. The Morgan fingerprint density at radius 1 is 1.35 bits per heavy atom. The fourth-order valence-corrected chi connectivity index (χ4v) is 2.26. The van der Waals surface area contributed by atoms with Crippen LogP contribution in [0.5, 0.6) is 5.75 Å². The van der Waals surface area contributed by atoms with Gasteiger partial charge in [-0.3, -0.25) is 0 Å². The molecular weight excluding hydrogens is 254 g/mol. The van der Waals surface area contributed by atoms with E-state index in [2.05, 4.69) is 47.7 Å². The Balaban J connectivity index is 1.84. The molecule has 1 unspecified atom stereocenters. The van der Waals surface area contributed by atoms with Gasteiger partial charge < -0.3 is 10.1 Å². The van der Waals surface area contributed by atoms with E-state index in [0.717, 1.165) is 17.1 Å². The molecule has 106 valence electrons. The normalized spacial score (nSPS) is 17.9. The van der Waals surface area contributed by atoms with Crippen molar-refractivity contribution in [2.75, 3.05) is 6.61 Å². The number of rotatable bonds is 3. The SMILES string of the molecule is CC(C)(C)NCc1nnnn1C1COc2ccccc21. The van der Waals surface area contributed by atoms with Crippen molar-refractivity contribution in [3.63, 3.8) is 0 Å². The zero-order valence-corrected chi connectivity index (χ0v) is 12.0. The number of hydrogen-bond donors (Lipinski definition) is 1. The van der Waals surface area contributed by atoms with Crippen LogP contribution in [-0.2, 0) is 6.54 Å². The van der Waals surface area contributed by atoms with E-state index in [0.29, 0.717) is 13.2 Å². The Morgan fingerprint density at radius 2 is 2.15 bits per heavy atom. The molecule has 0 bridgehead atoms. The highest BCUT2D eigenvalue weighted by atomic mass is 16.5. The van der Waals surface area contributed by atoms with Crippen LogP contribution < -0.4 is 10.1 Å². The molecule has 0 saturated carbocycles. The highest BCUT2D eigenvalue weighted by Gasteiger charge is 2.28. The van der Waals surface area contributed by atoms with Crippen LogP contribution in [0.3, 0.4) is 0 Å². The number of benzene rings is 1. The summed E-state index contributed by atoms with van der Waals surface area (Å²) >= 11 is 0. The smallest absolute Gasteiger partial charge is 0.165 e. The first-order valence-corrected chi connectivity index (χ1v) is 6.78. The molecule has 0 fully saturated rings. The number of fused-ring (bicyclic) bond motifs is 1. The predicted molar refractivity (Wildman–Crippen MR) is 74.5 cm³/mol. The van der Waals surface area contributed by atoms with Gasteiger partial charge in [-0.25, -0.2) is 4.68 Å². The molecule has 0 spiro atoms. The third-order valence-electron chi connectivity index (χ3n) is 3.31. The average Bonchev–Trinajstić information content (AvgIpc) is 3.01. The molecule has 0 amide bonds. The van der Waals surface area contributed by atoms with E-state index in [-0.39, 0.29) is 11.6 Å². The minimum Gasteiger partial charge on any atom is -0.491 e. The second kappa shape index (κ2) is 4.86. The molecule has 20 heavy (non-hydrogen) atoms. The van der Waals surface area contributed by atoms with E-state index >= 15 is 0 Å². The lowest BCUT2D eigenvalue weighted by molar-refractivity contribution is 0.300. The lowest BCUT2D eigenvalue weighted by atomic mass is 10.1. The summed E-state index contributed by atoms with van der Waals surface area (Å²) in [5.41, 5.74) is 1.16. The van der Waals surface area contributed by atoms with Crippen molar-refractivity contribution in [3.05, 3.63) is 35.7 Å². The quantitative estimate of drug-likeness (QED) is 0.919. The molecule has 2 heterocycles. The van der Waals surface area contributed by atoms with Crippen LogP contribution in [0, 0.1) is 0 Å². The molecule has 1 aliphatic rings. The van der Waals surface area contributed by atoms with Gasteiger partial charge in [-0.05, 0) is 37.3 Å². The van der Waals surface area contributed by atoms with Gasteiger partial charge in [0.2, 0.25) is 0 Å². The molecule has 0 saturated heterocycles. The summed E-state index contributed by atoms with van der Waals surface area (Å²) in [7, 11) is 0. The van der Waals surface area contributed by atoms with E-state index in [1.54, 1.807) is 0 Å². The van der Waals surface area contributed by atoms with Crippen LogP contribution in [0.25, 0.3) is 0 Å². The van der Waals surface area contributed by atoms with Gasteiger partial charge in [-0.1, -0.05) is 18.2 Å². The van der Waals surface area contributed by atoms with E-state index in [1.165, 1.54) is 0 Å². The van der Waals surface area contributed by atoms with Crippen molar-refractivity contribution in [2.45, 2.75) is 38.9 Å². The second-order valence-corrected chi connectivity index (χ2v) is 6.01. The summed E-state index contributed by atoms with van der Waals surface area (Å²) in [5, 5.41) is 15.5. The maximum absolute atomic E-state index is 5.70. The maximum atomic E-state index is 5.70. The molecule has 1 aromatic carbocycles. The van der Waals surface area contributed by atoms with Crippen LogP contribution in [0.2, 0.25) is 0 Å². The molecule has 1 aromatic heterocycles. The Labute approximate surface area is 118 Å². The molecule has 3 rings (SSSR count). The van der Waals surface area contributed by atoms with Gasteiger partial charge in [-0.15, -0.1) is 5.10 Å². The lowest BCUT2D eigenvalue weighted by Crippen LogP contribution is -2.36. The van der Waals surface area contributed by atoms with E-state index in [9.17, 15) is 0 Å². The number of para-hydroxylation sites is 1. The topological polar surface area (TPSA) is 64.9 Å². The Morgan fingerprint density at radius 3 is 2.95 bits per heavy atom. The molecule has 0 aliphatic carbocycles. The van der Waals surface area contributed by atoms with Crippen LogP contribution in [0.4, 0.5) is 0 Å². The van der Waals surface area contributed by atoms with Gasteiger partial charge in [0.25, 0.3) is 0 Å². The summed E-state index contributed by atoms with van der Waals surface area (Å²) in [6.07, 6.45) is 0. The van der Waals surface area contributed by atoms with Crippen molar-refractivity contribution in [3.8, 4) is 5.75 Å². The van der Waals surface area contributed by atoms with Crippen molar-refractivity contribution in [2.24, 2.45) is 0 Å². The van der Waals surface area contributed by atoms with Crippen molar-refractivity contribution >= 4 is 0 Å². The number of tetrazole rings is 1. The van der Waals surface area contributed by atoms with Crippen molar-refractivity contribution < 1.29 is 4.74 Å². The molecule has 0 radical (unpaired) electrons. The Kier molecular flexibility index (Phi) is 3.17. The van der Waals surface area contributed by atoms with E-state index in [1.807, 2.05) is 22.9 Å². The third kappa shape index (κ3) is 2.51. The average molecular weight is 273 g/mol. The lowest BCUT2D eigenvalue weighted by Gasteiger charge is -2.20. The van der Waals surface area contributed by atoms with Gasteiger partial charge in [0.15, 0.2) is 5.82 Å². The molecule has 1 atom stereocenters. The number of hydrogen-bond acceptors (Lipinski definition) is 5. The van der Waals surface area contributed by atoms with Gasteiger partial charge in [0, 0.05) is 11.1 Å². The molecule has 2 aromatic rings. The minimum absolute atomic E-state index is 0.0286. The maximum Gasteiger partial charge on any atom is 0.165 e. The summed E-state index contributed by atoms with van der Waals surface area (Å²) in [6, 6.07) is 8.08. The second-order valence-electron chi connectivity index (χ2n) is 6.01. The first kappa shape index (κ1) is 13.1. The zero-order valence-electron chi connectivity index (χ0n) is 12.0.